The zero-order valence-electron chi connectivity index (χ0n) is 8.66. The fraction of sp³-hybridized carbons (Fsp3) is 0.0833. The summed E-state index contributed by atoms with van der Waals surface area (Å²) in [5.74, 6) is 0.0797. The number of furan rings is 1. The lowest BCUT2D eigenvalue weighted by atomic mass is 10.0. The van der Waals surface area contributed by atoms with Crippen molar-refractivity contribution in [2.45, 2.75) is 6.92 Å². The maximum Gasteiger partial charge on any atom is 0.230 e. The summed E-state index contributed by atoms with van der Waals surface area (Å²) in [4.78, 5) is 12.0. The lowest BCUT2D eigenvalue weighted by molar-refractivity contribution is 0.101. The molecule has 0 aliphatic heterocycles. The molecule has 2 N–H and O–H groups in total. The van der Waals surface area contributed by atoms with Crippen LogP contribution in [0, 0.1) is 6.92 Å². The number of benzene rings is 1. The molecule has 0 spiro atoms. The number of halogens is 1. The first-order valence-corrected chi connectivity index (χ1v) is 5.53. The highest BCUT2D eigenvalue weighted by Gasteiger charge is 2.15. The van der Waals surface area contributed by atoms with Gasteiger partial charge in [0.05, 0.1) is 0 Å². The van der Waals surface area contributed by atoms with Crippen molar-refractivity contribution in [3.8, 4) is 0 Å². The number of rotatable bonds is 2. The van der Waals surface area contributed by atoms with Crippen LogP contribution in [-0.4, -0.2) is 5.78 Å². The minimum Gasteiger partial charge on any atom is -0.446 e. The standard InChI is InChI=1S/C12H10BrNO2/c1-7-2-3-9(14)8(6-7)12(15)10-4-5-11(13)16-10/h2-6H,14H2,1H3. The quantitative estimate of drug-likeness (QED) is 0.679. The van der Waals surface area contributed by atoms with Gasteiger partial charge in [0.15, 0.2) is 10.4 Å². The first-order chi connectivity index (χ1) is 7.58. The first-order valence-electron chi connectivity index (χ1n) is 4.74. The van der Waals surface area contributed by atoms with Gasteiger partial charge in [0.2, 0.25) is 5.78 Å². The maximum atomic E-state index is 12.0. The number of hydrogen-bond donors (Lipinski definition) is 1. The van der Waals surface area contributed by atoms with Crippen LogP contribution in [0.25, 0.3) is 0 Å². The molecule has 2 aromatic rings. The fourth-order valence-electron chi connectivity index (χ4n) is 1.44. The van der Waals surface area contributed by atoms with Gasteiger partial charge in [-0.3, -0.25) is 4.79 Å². The zero-order valence-corrected chi connectivity index (χ0v) is 10.2. The number of nitrogens with two attached hydrogens (primary N) is 1. The van der Waals surface area contributed by atoms with E-state index in [1.165, 1.54) is 0 Å². The molecule has 0 aliphatic rings. The van der Waals surface area contributed by atoms with Gasteiger partial charge in [-0.15, -0.1) is 0 Å². The van der Waals surface area contributed by atoms with Gasteiger partial charge in [0, 0.05) is 11.3 Å². The van der Waals surface area contributed by atoms with E-state index in [-0.39, 0.29) is 11.5 Å². The number of nitrogen functional groups attached to an aromatic ring is 1. The van der Waals surface area contributed by atoms with Gasteiger partial charge >= 0.3 is 0 Å². The van der Waals surface area contributed by atoms with E-state index >= 15 is 0 Å². The number of carbonyl (C=O) groups excluding carboxylic acids is 1. The van der Waals surface area contributed by atoms with Crippen LogP contribution in [0.15, 0.2) is 39.4 Å². The molecule has 0 saturated heterocycles. The highest BCUT2D eigenvalue weighted by molar-refractivity contribution is 9.10. The van der Waals surface area contributed by atoms with Crippen molar-refractivity contribution in [3.63, 3.8) is 0 Å². The van der Waals surface area contributed by atoms with Gasteiger partial charge in [-0.1, -0.05) is 11.6 Å². The molecule has 1 heterocycles. The van der Waals surface area contributed by atoms with E-state index in [1.54, 1.807) is 24.3 Å². The Hall–Kier alpha value is -1.55. The second-order valence-electron chi connectivity index (χ2n) is 3.52. The third kappa shape index (κ3) is 2.02. The van der Waals surface area contributed by atoms with Crippen LogP contribution >= 0.6 is 15.9 Å². The molecule has 16 heavy (non-hydrogen) atoms. The molecule has 2 rings (SSSR count). The predicted molar refractivity (Wildman–Crippen MR) is 65.4 cm³/mol. The molecule has 0 saturated carbocycles. The third-order valence-electron chi connectivity index (χ3n) is 2.25. The Kier molecular flexibility index (Phi) is 2.83. The third-order valence-corrected chi connectivity index (χ3v) is 2.68. The Morgan fingerprint density at radius 2 is 2.06 bits per heavy atom. The van der Waals surface area contributed by atoms with Crippen LogP contribution in [0.3, 0.4) is 0 Å². The number of aryl methyl sites for hydroxylation is 1. The molecule has 1 aromatic carbocycles. The predicted octanol–water partition coefficient (Wildman–Crippen LogP) is 3.16. The maximum absolute atomic E-state index is 12.0. The number of ketones is 1. The van der Waals surface area contributed by atoms with E-state index in [0.29, 0.717) is 15.9 Å². The Bertz CT molecular complexity index is 546. The SMILES string of the molecule is Cc1ccc(N)c(C(=O)c2ccc(Br)o2)c1. The van der Waals surface area contributed by atoms with Crippen molar-refractivity contribution in [2.75, 3.05) is 5.73 Å². The van der Waals surface area contributed by atoms with Crippen molar-refractivity contribution in [3.05, 3.63) is 51.9 Å². The van der Waals surface area contributed by atoms with Crippen LogP contribution in [0.4, 0.5) is 5.69 Å². The monoisotopic (exact) mass is 279 g/mol. The van der Waals surface area contributed by atoms with Gasteiger partial charge in [-0.2, -0.15) is 0 Å². The summed E-state index contributed by atoms with van der Waals surface area (Å²) in [7, 11) is 0. The molecule has 0 bridgehead atoms. The highest BCUT2D eigenvalue weighted by atomic mass is 79.9. The molecule has 0 aliphatic carbocycles. The summed E-state index contributed by atoms with van der Waals surface area (Å²) >= 11 is 3.16. The topological polar surface area (TPSA) is 56.2 Å². The second kappa shape index (κ2) is 4.14. The molecule has 1 aromatic heterocycles. The molecule has 0 fully saturated rings. The van der Waals surface area contributed by atoms with Crippen LogP contribution in [0.5, 0.6) is 0 Å². The fourth-order valence-corrected chi connectivity index (χ4v) is 1.74. The Balaban J connectivity index is 2.45. The zero-order chi connectivity index (χ0) is 11.7. The molecule has 0 atom stereocenters. The second-order valence-corrected chi connectivity index (χ2v) is 4.31. The van der Waals surface area contributed by atoms with Crippen LogP contribution in [0.2, 0.25) is 0 Å². The van der Waals surface area contributed by atoms with Crippen molar-refractivity contribution >= 4 is 27.4 Å². The number of hydrogen-bond acceptors (Lipinski definition) is 3. The van der Waals surface area contributed by atoms with Gasteiger partial charge < -0.3 is 10.2 Å². The van der Waals surface area contributed by atoms with E-state index in [1.807, 2.05) is 13.0 Å². The first kappa shape index (κ1) is 11.0. The van der Waals surface area contributed by atoms with E-state index in [0.717, 1.165) is 5.56 Å². The van der Waals surface area contributed by atoms with E-state index in [2.05, 4.69) is 15.9 Å². The smallest absolute Gasteiger partial charge is 0.230 e. The summed E-state index contributed by atoms with van der Waals surface area (Å²) in [5.41, 5.74) is 7.68. The van der Waals surface area contributed by atoms with Gasteiger partial charge in [0.25, 0.3) is 0 Å². The lowest BCUT2D eigenvalue weighted by Crippen LogP contribution is -2.04. The van der Waals surface area contributed by atoms with Crippen molar-refractivity contribution in [1.29, 1.82) is 0 Å². The molecule has 0 radical (unpaired) electrons. The molecule has 82 valence electrons. The van der Waals surface area contributed by atoms with E-state index in [4.69, 9.17) is 10.2 Å². The van der Waals surface area contributed by atoms with Crippen molar-refractivity contribution < 1.29 is 9.21 Å². The molecule has 3 nitrogen and oxygen atoms in total. The molecular weight excluding hydrogens is 270 g/mol. The summed E-state index contributed by atoms with van der Waals surface area (Å²) in [5, 5.41) is 0. The highest BCUT2D eigenvalue weighted by Crippen LogP contribution is 2.21. The van der Waals surface area contributed by atoms with Crippen molar-refractivity contribution in [1.82, 2.24) is 0 Å². The minimum absolute atomic E-state index is 0.202. The van der Waals surface area contributed by atoms with Gasteiger partial charge in [0.1, 0.15) is 0 Å². The molecule has 0 unspecified atom stereocenters. The number of anilines is 1. The molecular formula is C12H10BrNO2. The van der Waals surface area contributed by atoms with Crippen LogP contribution < -0.4 is 5.73 Å². The summed E-state index contributed by atoms with van der Waals surface area (Å²) < 4.78 is 5.74. The van der Waals surface area contributed by atoms with E-state index in [9.17, 15) is 4.79 Å². The largest absolute Gasteiger partial charge is 0.446 e. The average Bonchev–Trinajstić information content (AvgIpc) is 2.67. The summed E-state index contributed by atoms with van der Waals surface area (Å²) in [6, 6.07) is 8.65. The minimum atomic E-state index is -0.202. The van der Waals surface area contributed by atoms with Crippen molar-refractivity contribution in [2.24, 2.45) is 0 Å². The number of carbonyl (C=O) groups is 1. The van der Waals surface area contributed by atoms with Crippen LogP contribution in [0.1, 0.15) is 21.7 Å². The van der Waals surface area contributed by atoms with Gasteiger partial charge in [-0.25, -0.2) is 0 Å². The molecule has 4 heteroatoms. The summed E-state index contributed by atoms with van der Waals surface area (Å²) in [6.45, 7) is 1.91. The Morgan fingerprint density at radius 1 is 1.31 bits per heavy atom. The Morgan fingerprint density at radius 3 is 2.69 bits per heavy atom. The van der Waals surface area contributed by atoms with Gasteiger partial charge in [-0.05, 0) is 47.1 Å². The summed E-state index contributed by atoms with van der Waals surface area (Å²) in [6.07, 6.45) is 0. The average molecular weight is 280 g/mol. The molecule has 0 amide bonds. The van der Waals surface area contributed by atoms with E-state index < -0.39 is 0 Å². The van der Waals surface area contributed by atoms with Crippen LogP contribution in [-0.2, 0) is 0 Å². The normalized spacial score (nSPS) is 10.4. The lowest BCUT2D eigenvalue weighted by Gasteiger charge is -2.03. The Labute approximate surface area is 101 Å².